The molecule has 1 rings (SSSR count). The number of thiol groups is 1. The molecule has 0 bridgehead atoms. The van der Waals surface area contributed by atoms with Gasteiger partial charge in [0.2, 0.25) is 0 Å². The molecule has 0 aliphatic heterocycles. The van der Waals surface area contributed by atoms with E-state index in [1.165, 1.54) is 25.7 Å². The third-order valence-corrected chi connectivity index (χ3v) is 2.88. The average molecular weight is 190 g/mol. The van der Waals surface area contributed by atoms with Crippen molar-refractivity contribution in [1.82, 2.24) is 0 Å². The van der Waals surface area contributed by atoms with E-state index in [1.54, 1.807) is 7.11 Å². The fourth-order valence-electron chi connectivity index (χ4n) is 2.03. The van der Waals surface area contributed by atoms with Crippen molar-refractivity contribution in [1.29, 1.82) is 0 Å². The Morgan fingerprint density at radius 2 is 1.75 bits per heavy atom. The Morgan fingerprint density at radius 1 is 1.17 bits per heavy atom. The van der Waals surface area contributed by atoms with Crippen LogP contribution in [-0.2, 0) is 8.92 Å². The molecule has 0 heterocycles. The largest absolute Gasteiger partial charge is 0.384 e. The van der Waals surface area contributed by atoms with Crippen LogP contribution in [-0.4, -0.2) is 20.3 Å². The molecule has 1 aliphatic carbocycles. The van der Waals surface area contributed by atoms with Gasteiger partial charge >= 0.3 is 0 Å². The summed E-state index contributed by atoms with van der Waals surface area (Å²) in [6.07, 6.45) is 5.24. The molecule has 1 aliphatic rings. The number of rotatable bonds is 4. The number of methoxy groups -OCH3 is 1. The molecule has 0 saturated heterocycles. The Labute approximate surface area is 80.2 Å². The zero-order valence-corrected chi connectivity index (χ0v) is 8.56. The lowest BCUT2D eigenvalue weighted by Crippen LogP contribution is -2.26. The van der Waals surface area contributed by atoms with Gasteiger partial charge < -0.3 is 8.92 Å². The zero-order valence-electron chi connectivity index (χ0n) is 7.66. The van der Waals surface area contributed by atoms with Crippen molar-refractivity contribution in [2.75, 3.05) is 20.3 Å². The molecule has 1 saturated carbocycles. The predicted molar refractivity (Wildman–Crippen MR) is 52.3 cm³/mol. The summed E-state index contributed by atoms with van der Waals surface area (Å²) in [4.78, 5) is 0. The van der Waals surface area contributed by atoms with E-state index in [1.807, 2.05) is 0 Å². The van der Waals surface area contributed by atoms with Crippen LogP contribution in [0.15, 0.2) is 0 Å². The molecule has 0 aromatic rings. The van der Waals surface area contributed by atoms with Gasteiger partial charge in [-0.15, -0.1) is 0 Å². The molecule has 2 unspecified atom stereocenters. The van der Waals surface area contributed by atoms with Crippen LogP contribution in [0.1, 0.15) is 25.7 Å². The monoisotopic (exact) mass is 190 g/mol. The van der Waals surface area contributed by atoms with Gasteiger partial charge in [-0.05, 0) is 37.6 Å². The van der Waals surface area contributed by atoms with Gasteiger partial charge in [0.05, 0.1) is 6.61 Å². The van der Waals surface area contributed by atoms with E-state index in [2.05, 4.69) is 12.9 Å². The lowest BCUT2D eigenvalue weighted by Gasteiger charge is -2.29. The summed E-state index contributed by atoms with van der Waals surface area (Å²) in [5.41, 5.74) is 0. The first kappa shape index (κ1) is 10.4. The maximum atomic E-state index is 5.18. The fourth-order valence-corrected chi connectivity index (χ4v) is 2.22. The zero-order chi connectivity index (χ0) is 8.81. The summed E-state index contributed by atoms with van der Waals surface area (Å²) in [5.74, 6) is 1.35. The first-order valence-corrected chi connectivity index (χ1v) is 5.00. The molecule has 0 aromatic heterocycles. The van der Waals surface area contributed by atoms with Crippen LogP contribution >= 0.6 is 12.9 Å². The Morgan fingerprint density at radius 3 is 2.25 bits per heavy atom. The van der Waals surface area contributed by atoms with Crippen LogP contribution in [0.4, 0.5) is 0 Å². The highest BCUT2D eigenvalue weighted by molar-refractivity contribution is 7.75. The Balaban J connectivity index is 2.31. The van der Waals surface area contributed by atoms with Crippen LogP contribution in [0.5, 0.6) is 0 Å². The van der Waals surface area contributed by atoms with Gasteiger partial charge in [0.1, 0.15) is 0 Å². The highest BCUT2D eigenvalue weighted by atomic mass is 32.1. The van der Waals surface area contributed by atoms with Gasteiger partial charge in [0, 0.05) is 13.7 Å². The van der Waals surface area contributed by atoms with E-state index in [9.17, 15) is 0 Å². The van der Waals surface area contributed by atoms with Crippen molar-refractivity contribution in [3.63, 3.8) is 0 Å². The Kier molecular flexibility index (Phi) is 5.04. The van der Waals surface area contributed by atoms with E-state index in [-0.39, 0.29) is 0 Å². The quantitative estimate of drug-likeness (QED) is 0.541. The Bertz CT molecular complexity index is 101. The molecule has 3 heteroatoms. The molecule has 0 aromatic carbocycles. The van der Waals surface area contributed by atoms with Crippen LogP contribution < -0.4 is 0 Å². The molecule has 0 radical (unpaired) electrons. The highest BCUT2D eigenvalue weighted by Crippen LogP contribution is 2.30. The van der Waals surface area contributed by atoms with Gasteiger partial charge in [-0.25, -0.2) is 0 Å². The predicted octanol–water partition coefficient (Wildman–Crippen LogP) is 2.30. The maximum absolute atomic E-state index is 5.18. The standard InChI is InChI=1S/C9H18O2S/c1-10-6-8-4-2-3-5-9(8)7-11-12/h8-9,12H,2-7H2,1H3. The van der Waals surface area contributed by atoms with Gasteiger partial charge in [0.25, 0.3) is 0 Å². The van der Waals surface area contributed by atoms with E-state index in [0.29, 0.717) is 11.8 Å². The molecule has 12 heavy (non-hydrogen) atoms. The second-order valence-corrected chi connectivity index (χ2v) is 3.81. The minimum Gasteiger partial charge on any atom is -0.384 e. The second-order valence-electron chi connectivity index (χ2n) is 3.56. The van der Waals surface area contributed by atoms with Crippen LogP contribution in [0.2, 0.25) is 0 Å². The first-order chi connectivity index (χ1) is 5.88. The summed E-state index contributed by atoms with van der Waals surface area (Å²) < 4.78 is 10.1. The van der Waals surface area contributed by atoms with Crippen molar-refractivity contribution in [3.05, 3.63) is 0 Å². The van der Waals surface area contributed by atoms with Crippen molar-refractivity contribution < 1.29 is 8.92 Å². The second kappa shape index (κ2) is 5.84. The van der Waals surface area contributed by atoms with E-state index >= 15 is 0 Å². The van der Waals surface area contributed by atoms with Crippen LogP contribution in [0, 0.1) is 11.8 Å². The number of hydrogen-bond acceptors (Lipinski definition) is 3. The topological polar surface area (TPSA) is 18.5 Å². The summed E-state index contributed by atoms with van der Waals surface area (Å²) in [7, 11) is 1.77. The fraction of sp³-hybridized carbons (Fsp3) is 1.00. The number of ether oxygens (including phenoxy) is 1. The molecule has 72 valence electrons. The molecule has 0 N–H and O–H groups in total. The third-order valence-electron chi connectivity index (χ3n) is 2.74. The van der Waals surface area contributed by atoms with Gasteiger partial charge in [-0.2, -0.15) is 0 Å². The van der Waals surface area contributed by atoms with Crippen molar-refractivity contribution in [3.8, 4) is 0 Å². The van der Waals surface area contributed by atoms with Crippen LogP contribution in [0.3, 0.4) is 0 Å². The molecule has 1 fully saturated rings. The normalized spacial score (nSPS) is 30.5. The summed E-state index contributed by atoms with van der Waals surface area (Å²) in [6, 6.07) is 0. The summed E-state index contributed by atoms with van der Waals surface area (Å²) in [6.45, 7) is 1.65. The molecular weight excluding hydrogens is 172 g/mol. The molecule has 0 amide bonds. The van der Waals surface area contributed by atoms with Gasteiger partial charge in [0.15, 0.2) is 0 Å². The molecular formula is C9H18O2S. The van der Waals surface area contributed by atoms with Gasteiger partial charge in [-0.3, -0.25) is 0 Å². The maximum Gasteiger partial charge on any atom is 0.0642 e. The van der Waals surface area contributed by atoms with Crippen molar-refractivity contribution in [2.24, 2.45) is 11.8 Å². The van der Waals surface area contributed by atoms with Gasteiger partial charge in [-0.1, -0.05) is 12.8 Å². The third kappa shape index (κ3) is 2.96. The smallest absolute Gasteiger partial charge is 0.0642 e. The Hall–Kier alpha value is 0.270. The highest BCUT2D eigenvalue weighted by Gasteiger charge is 2.24. The SMILES string of the molecule is COCC1CCCCC1COS. The van der Waals surface area contributed by atoms with Crippen molar-refractivity contribution >= 4 is 12.9 Å². The summed E-state index contributed by atoms with van der Waals surface area (Å²) >= 11 is 3.80. The molecule has 2 nitrogen and oxygen atoms in total. The summed E-state index contributed by atoms with van der Waals surface area (Å²) in [5, 5.41) is 0. The minimum absolute atomic E-state index is 0.663. The van der Waals surface area contributed by atoms with E-state index in [0.717, 1.165) is 13.2 Å². The minimum atomic E-state index is 0.663. The number of hydrogen-bond donors (Lipinski definition) is 1. The lowest BCUT2D eigenvalue weighted by molar-refractivity contribution is 0.0745. The lowest BCUT2D eigenvalue weighted by atomic mass is 9.80. The van der Waals surface area contributed by atoms with E-state index < -0.39 is 0 Å². The van der Waals surface area contributed by atoms with Crippen LogP contribution in [0.25, 0.3) is 0 Å². The van der Waals surface area contributed by atoms with E-state index in [4.69, 9.17) is 8.92 Å². The molecule has 2 atom stereocenters. The first-order valence-electron chi connectivity index (χ1n) is 4.63. The average Bonchev–Trinajstić information content (AvgIpc) is 2.09. The van der Waals surface area contributed by atoms with Crippen molar-refractivity contribution in [2.45, 2.75) is 25.7 Å². The molecule has 0 spiro atoms.